The van der Waals surface area contributed by atoms with Gasteiger partial charge in [-0.2, -0.15) is 5.11 Å². The number of fused-ring (bicyclic) bond motifs is 1. The Kier molecular flexibility index (Phi) is 5.26. The minimum atomic E-state index is 0.339. The monoisotopic (exact) mass is 390 g/mol. The number of aliphatic imine (C=N–C) groups is 1. The van der Waals surface area contributed by atoms with E-state index in [1.165, 1.54) is 11.1 Å². The number of nitrogens with zero attached hydrogens (tertiary/aromatic N) is 4. The fraction of sp³-hybridized carbons (Fsp3) is 0.435. The molecule has 2 N–H and O–H groups in total. The van der Waals surface area contributed by atoms with Gasteiger partial charge in [0.2, 0.25) is 0 Å². The number of hydrogen-bond donors (Lipinski definition) is 2. The molecule has 6 heteroatoms. The molecule has 1 saturated heterocycles. The van der Waals surface area contributed by atoms with Gasteiger partial charge in [0.1, 0.15) is 5.70 Å². The van der Waals surface area contributed by atoms with Gasteiger partial charge in [-0.25, -0.2) is 0 Å². The maximum Gasteiger partial charge on any atom is 0.131 e. The third-order valence-corrected chi connectivity index (χ3v) is 5.77. The first-order chi connectivity index (χ1) is 14.0. The molecule has 0 bridgehead atoms. The van der Waals surface area contributed by atoms with Crippen LogP contribution in [-0.4, -0.2) is 29.7 Å². The molecule has 3 aliphatic heterocycles. The van der Waals surface area contributed by atoms with Gasteiger partial charge < -0.3 is 15.5 Å². The Morgan fingerprint density at radius 3 is 2.83 bits per heavy atom. The maximum absolute atomic E-state index is 4.90. The van der Waals surface area contributed by atoms with Crippen LogP contribution < -0.4 is 10.6 Å². The molecule has 29 heavy (non-hydrogen) atoms. The van der Waals surface area contributed by atoms with Gasteiger partial charge in [-0.15, -0.1) is 5.11 Å². The van der Waals surface area contributed by atoms with Crippen molar-refractivity contribution in [1.29, 1.82) is 0 Å². The molecule has 0 aromatic heterocycles. The van der Waals surface area contributed by atoms with Crippen LogP contribution in [0, 0.1) is 0 Å². The first-order valence-electron chi connectivity index (χ1n) is 10.4. The van der Waals surface area contributed by atoms with Gasteiger partial charge in [0, 0.05) is 24.7 Å². The third kappa shape index (κ3) is 3.84. The van der Waals surface area contributed by atoms with Crippen LogP contribution in [-0.2, 0) is 6.42 Å². The van der Waals surface area contributed by atoms with Crippen molar-refractivity contribution in [2.24, 2.45) is 15.2 Å². The van der Waals surface area contributed by atoms with Crippen molar-refractivity contribution in [1.82, 2.24) is 15.5 Å². The zero-order valence-electron chi connectivity index (χ0n) is 17.6. The van der Waals surface area contributed by atoms with Crippen LogP contribution in [0.1, 0.15) is 50.8 Å². The number of azo groups is 1. The zero-order valence-corrected chi connectivity index (χ0v) is 17.6. The second-order valence-corrected chi connectivity index (χ2v) is 8.16. The Hall–Kier alpha value is -2.89. The van der Waals surface area contributed by atoms with Crippen LogP contribution in [0.25, 0.3) is 0 Å². The van der Waals surface area contributed by atoms with E-state index in [0.717, 1.165) is 60.1 Å². The minimum absolute atomic E-state index is 0.339. The molecule has 1 aromatic rings. The van der Waals surface area contributed by atoms with Gasteiger partial charge >= 0.3 is 0 Å². The van der Waals surface area contributed by atoms with Crippen molar-refractivity contribution in [3.8, 4) is 0 Å². The Morgan fingerprint density at radius 1 is 1.38 bits per heavy atom. The molecule has 3 aliphatic rings. The first kappa shape index (κ1) is 19.4. The molecule has 0 saturated carbocycles. The van der Waals surface area contributed by atoms with Gasteiger partial charge in [-0.05, 0) is 37.5 Å². The van der Waals surface area contributed by atoms with Crippen LogP contribution >= 0.6 is 0 Å². The fourth-order valence-corrected chi connectivity index (χ4v) is 4.25. The van der Waals surface area contributed by atoms with Crippen molar-refractivity contribution >= 4 is 11.4 Å². The fourth-order valence-electron chi connectivity index (χ4n) is 4.25. The first-order valence-corrected chi connectivity index (χ1v) is 10.4. The van der Waals surface area contributed by atoms with E-state index in [2.05, 4.69) is 71.0 Å². The van der Waals surface area contributed by atoms with Crippen molar-refractivity contribution < 1.29 is 0 Å². The summed E-state index contributed by atoms with van der Waals surface area (Å²) < 4.78 is 0. The highest BCUT2D eigenvalue weighted by Crippen LogP contribution is 2.36. The lowest BCUT2D eigenvalue weighted by molar-refractivity contribution is 0.270. The van der Waals surface area contributed by atoms with Crippen molar-refractivity contribution in [2.75, 3.05) is 13.1 Å². The van der Waals surface area contributed by atoms with Crippen molar-refractivity contribution in [2.45, 2.75) is 52.1 Å². The van der Waals surface area contributed by atoms with Gasteiger partial charge in [0.25, 0.3) is 0 Å². The lowest BCUT2D eigenvalue weighted by Gasteiger charge is -2.30. The second-order valence-electron chi connectivity index (χ2n) is 8.16. The highest BCUT2D eigenvalue weighted by molar-refractivity contribution is 5.95. The smallest absolute Gasteiger partial charge is 0.131 e. The molecule has 6 nitrogen and oxygen atoms in total. The normalized spacial score (nSPS) is 20.9. The Labute approximate surface area is 173 Å². The summed E-state index contributed by atoms with van der Waals surface area (Å²) in [5.74, 6) is 1.03. The van der Waals surface area contributed by atoms with E-state index in [-0.39, 0.29) is 0 Å². The maximum atomic E-state index is 4.90. The Balaban J connectivity index is 1.47. The van der Waals surface area contributed by atoms with Gasteiger partial charge in [-0.3, -0.25) is 4.99 Å². The summed E-state index contributed by atoms with van der Waals surface area (Å²) in [6.45, 7) is 16.3. The van der Waals surface area contributed by atoms with Crippen LogP contribution in [0.5, 0.6) is 0 Å². The van der Waals surface area contributed by atoms with E-state index in [0.29, 0.717) is 18.6 Å². The molecule has 152 valence electrons. The average molecular weight is 391 g/mol. The van der Waals surface area contributed by atoms with E-state index in [1.54, 1.807) is 0 Å². The quantitative estimate of drug-likeness (QED) is 0.675. The molecule has 3 heterocycles. The molecular weight excluding hydrogens is 360 g/mol. The Morgan fingerprint density at radius 2 is 2.21 bits per heavy atom. The number of benzene rings is 1. The van der Waals surface area contributed by atoms with E-state index in [1.807, 2.05) is 6.92 Å². The Bertz CT molecular complexity index is 939. The third-order valence-electron chi connectivity index (χ3n) is 5.77. The minimum Gasteiger partial charge on any atom is -0.378 e. The van der Waals surface area contributed by atoms with Gasteiger partial charge in [-0.1, -0.05) is 38.6 Å². The molecular formula is C23H30N6. The lowest BCUT2D eigenvalue weighted by atomic mass is 9.97. The summed E-state index contributed by atoms with van der Waals surface area (Å²) >= 11 is 0. The highest BCUT2D eigenvalue weighted by Gasteiger charge is 2.29. The summed E-state index contributed by atoms with van der Waals surface area (Å²) in [6.07, 6.45) is 3.11. The molecule has 0 aliphatic carbocycles. The molecule has 1 unspecified atom stereocenters. The molecule has 2 atom stereocenters. The number of nitrogens with one attached hydrogen (secondary N) is 2. The SMILES string of the molecule is C=C(NCC1=Nc2cc([C@@H](CCC)N3CC(C)NC3=C)ccc2C1)C1=C(C)N=N1. The van der Waals surface area contributed by atoms with Crippen molar-refractivity contribution in [3.63, 3.8) is 0 Å². The van der Waals surface area contributed by atoms with Crippen molar-refractivity contribution in [3.05, 3.63) is 65.4 Å². The number of rotatable bonds is 8. The van der Waals surface area contributed by atoms with Crippen LogP contribution in [0.3, 0.4) is 0 Å². The summed E-state index contributed by atoms with van der Waals surface area (Å²) in [5, 5.41) is 14.7. The topological polar surface area (TPSA) is 64.4 Å². The predicted octanol–water partition coefficient (Wildman–Crippen LogP) is 4.72. The zero-order chi connectivity index (χ0) is 20.5. The van der Waals surface area contributed by atoms with Crippen LogP contribution in [0.2, 0.25) is 0 Å². The molecule has 0 amide bonds. The standard InChI is InChI=1S/C23H30N6/c1-6-7-22(29-13-14(2)25-17(29)5)19-9-8-18-10-20(26-21(18)11-19)12-24-15(3)23-16(4)27-28-23/h8-9,11,14,22,24-25H,3,5-7,10,12-13H2,1-2,4H3/t14?,22-/m1/s1. The van der Waals surface area contributed by atoms with Gasteiger partial charge in [0.05, 0.1) is 35.5 Å². The lowest BCUT2D eigenvalue weighted by Crippen LogP contribution is -2.26. The molecule has 4 rings (SSSR count). The predicted molar refractivity (Wildman–Crippen MR) is 118 cm³/mol. The summed E-state index contributed by atoms with van der Waals surface area (Å²) in [7, 11) is 0. The molecule has 0 spiro atoms. The average Bonchev–Trinajstić information content (AvgIpc) is 3.24. The van der Waals surface area contributed by atoms with E-state index in [9.17, 15) is 0 Å². The summed E-state index contributed by atoms with van der Waals surface area (Å²) in [5.41, 5.74) is 7.43. The summed E-state index contributed by atoms with van der Waals surface area (Å²) in [4.78, 5) is 7.30. The molecule has 0 radical (unpaired) electrons. The van der Waals surface area contributed by atoms with Gasteiger partial charge in [0.15, 0.2) is 0 Å². The van der Waals surface area contributed by atoms with E-state index in [4.69, 9.17) is 4.99 Å². The van der Waals surface area contributed by atoms with Crippen LogP contribution in [0.4, 0.5) is 5.69 Å². The molecule has 1 fully saturated rings. The van der Waals surface area contributed by atoms with E-state index < -0.39 is 0 Å². The number of allylic oxidation sites excluding steroid dienone is 1. The molecule has 1 aromatic carbocycles. The highest BCUT2D eigenvalue weighted by atomic mass is 15.3. The largest absolute Gasteiger partial charge is 0.378 e. The number of hydrogen-bond acceptors (Lipinski definition) is 6. The van der Waals surface area contributed by atoms with Crippen LogP contribution in [0.15, 0.2) is 69.5 Å². The second kappa shape index (κ2) is 7.85. The summed E-state index contributed by atoms with van der Waals surface area (Å²) in [6, 6.07) is 7.55. The van der Waals surface area contributed by atoms with E-state index >= 15 is 0 Å².